The van der Waals surface area contributed by atoms with E-state index in [-0.39, 0.29) is 11.8 Å². The van der Waals surface area contributed by atoms with Crippen molar-refractivity contribution in [1.82, 2.24) is 4.90 Å². The Kier molecular flexibility index (Phi) is 4.71. The van der Waals surface area contributed by atoms with E-state index in [0.29, 0.717) is 18.0 Å². The van der Waals surface area contributed by atoms with Crippen molar-refractivity contribution in [2.75, 3.05) is 17.2 Å². The summed E-state index contributed by atoms with van der Waals surface area (Å²) in [6, 6.07) is 18.1. The maximum absolute atomic E-state index is 14.0. The Bertz CT molecular complexity index is 1140. The summed E-state index contributed by atoms with van der Waals surface area (Å²) in [6.45, 7) is 5.16. The molecule has 30 heavy (non-hydrogen) atoms. The molecule has 4 nitrogen and oxygen atoms in total. The van der Waals surface area contributed by atoms with Crippen molar-refractivity contribution < 1.29 is 9.59 Å². The summed E-state index contributed by atoms with van der Waals surface area (Å²) in [5, 5.41) is 1.90. The first kappa shape index (κ1) is 19.4. The second-order valence-electron chi connectivity index (χ2n) is 7.83. The molecule has 0 saturated carbocycles. The molecular formula is C24H22N2O2S2. The van der Waals surface area contributed by atoms with Gasteiger partial charge in [0.05, 0.1) is 17.1 Å². The fourth-order valence-electron chi connectivity index (χ4n) is 4.41. The Balaban J connectivity index is 1.61. The number of anilines is 1. The van der Waals surface area contributed by atoms with E-state index >= 15 is 0 Å². The molecule has 2 aliphatic heterocycles. The molecule has 1 saturated heterocycles. The minimum Gasteiger partial charge on any atom is -0.310 e. The lowest BCUT2D eigenvalue weighted by Gasteiger charge is -2.33. The summed E-state index contributed by atoms with van der Waals surface area (Å²) in [6.07, 6.45) is 0. The Morgan fingerprint density at radius 1 is 1.07 bits per heavy atom. The molecular weight excluding hydrogens is 412 g/mol. The number of hydrogen-bond acceptors (Lipinski definition) is 4. The average molecular weight is 435 g/mol. The summed E-state index contributed by atoms with van der Waals surface area (Å²) in [5.41, 5.74) is 5.20. The van der Waals surface area contributed by atoms with Gasteiger partial charge in [0.15, 0.2) is 4.87 Å². The second-order valence-corrected chi connectivity index (χ2v) is 10.1. The Hall–Kier alpha value is -2.57. The van der Waals surface area contributed by atoms with Crippen molar-refractivity contribution in [3.05, 3.63) is 87.1 Å². The molecule has 0 radical (unpaired) electrons. The van der Waals surface area contributed by atoms with E-state index in [2.05, 4.69) is 31.2 Å². The zero-order valence-corrected chi connectivity index (χ0v) is 18.6. The van der Waals surface area contributed by atoms with Gasteiger partial charge in [0.25, 0.3) is 11.8 Å². The number of rotatable bonds is 3. The van der Waals surface area contributed by atoms with E-state index in [1.165, 1.54) is 16.9 Å². The predicted molar refractivity (Wildman–Crippen MR) is 123 cm³/mol. The van der Waals surface area contributed by atoms with Crippen LogP contribution >= 0.6 is 23.1 Å². The predicted octanol–water partition coefficient (Wildman–Crippen LogP) is 4.95. The first-order valence-electron chi connectivity index (χ1n) is 9.99. The highest BCUT2D eigenvalue weighted by Gasteiger charge is 2.59. The second kappa shape index (κ2) is 7.29. The van der Waals surface area contributed by atoms with Crippen molar-refractivity contribution in [1.29, 1.82) is 0 Å². The summed E-state index contributed by atoms with van der Waals surface area (Å²) in [4.78, 5) is 30.7. The number of benzene rings is 2. The topological polar surface area (TPSA) is 40.6 Å². The number of carbonyl (C=O) groups is 2. The van der Waals surface area contributed by atoms with Crippen LogP contribution in [0.2, 0.25) is 0 Å². The lowest BCUT2D eigenvalue weighted by Crippen LogP contribution is -2.50. The molecule has 0 unspecified atom stereocenters. The van der Waals surface area contributed by atoms with Gasteiger partial charge in [-0.05, 0) is 36.9 Å². The van der Waals surface area contributed by atoms with Crippen molar-refractivity contribution >= 4 is 40.6 Å². The molecule has 3 aromatic rings. The third-order valence-electron chi connectivity index (χ3n) is 5.75. The largest absolute Gasteiger partial charge is 0.310 e. The van der Waals surface area contributed by atoms with Gasteiger partial charge < -0.3 is 9.80 Å². The molecule has 0 N–H and O–H groups in total. The number of amides is 2. The molecule has 3 heterocycles. The van der Waals surface area contributed by atoms with Crippen LogP contribution in [0.25, 0.3) is 0 Å². The van der Waals surface area contributed by atoms with Gasteiger partial charge in [-0.1, -0.05) is 53.6 Å². The normalized spacial score (nSPS) is 20.3. The highest BCUT2D eigenvalue weighted by molar-refractivity contribution is 8.01. The zero-order valence-electron chi connectivity index (χ0n) is 16.9. The molecule has 0 bridgehead atoms. The molecule has 6 heteroatoms. The molecule has 2 amide bonds. The van der Waals surface area contributed by atoms with Crippen LogP contribution in [0.3, 0.4) is 0 Å². The van der Waals surface area contributed by atoms with Gasteiger partial charge in [-0.2, -0.15) is 0 Å². The van der Waals surface area contributed by atoms with Gasteiger partial charge in [-0.3, -0.25) is 9.59 Å². The Morgan fingerprint density at radius 2 is 1.90 bits per heavy atom. The van der Waals surface area contributed by atoms with Gasteiger partial charge in [0, 0.05) is 17.9 Å². The minimum atomic E-state index is -0.980. The quantitative estimate of drug-likeness (QED) is 0.585. The number of hydrogen-bond donors (Lipinski definition) is 0. The van der Waals surface area contributed by atoms with Gasteiger partial charge in [-0.15, -0.1) is 23.1 Å². The van der Waals surface area contributed by atoms with E-state index in [1.54, 1.807) is 16.7 Å². The molecule has 5 rings (SSSR count). The van der Waals surface area contributed by atoms with Crippen LogP contribution in [0, 0.1) is 13.8 Å². The van der Waals surface area contributed by atoms with E-state index in [9.17, 15) is 9.59 Å². The monoisotopic (exact) mass is 434 g/mol. The zero-order chi connectivity index (χ0) is 20.9. The van der Waals surface area contributed by atoms with E-state index in [1.807, 2.05) is 47.5 Å². The molecule has 152 valence electrons. The van der Waals surface area contributed by atoms with Crippen LogP contribution in [-0.4, -0.2) is 29.0 Å². The first-order chi connectivity index (χ1) is 14.5. The molecule has 2 aromatic carbocycles. The number of thioether (sulfide) groups is 1. The Labute approximate surface area is 184 Å². The highest BCUT2D eigenvalue weighted by Crippen LogP contribution is 2.55. The van der Waals surface area contributed by atoms with Crippen molar-refractivity contribution in [3.63, 3.8) is 0 Å². The number of carbonyl (C=O) groups excluding carboxylic acids is 2. The van der Waals surface area contributed by atoms with Crippen molar-refractivity contribution in [2.45, 2.75) is 25.3 Å². The smallest absolute Gasteiger partial charge is 0.268 e. The van der Waals surface area contributed by atoms with Crippen LogP contribution in [0.15, 0.2) is 60.0 Å². The molecule has 1 aromatic heterocycles. The van der Waals surface area contributed by atoms with Crippen LogP contribution in [0.4, 0.5) is 5.69 Å². The summed E-state index contributed by atoms with van der Waals surface area (Å²) >= 11 is 3.01. The maximum atomic E-state index is 14.0. The number of aryl methyl sites for hydroxylation is 2. The summed E-state index contributed by atoms with van der Waals surface area (Å²) in [7, 11) is 0. The van der Waals surface area contributed by atoms with Crippen molar-refractivity contribution in [3.8, 4) is 0 Å². The summed E-state index contributed by atoms with van der Waals surface area (Å²) < 4.78 is 0. The first-order valence-corrected chi connectivity index (χ1v) is 11.9. The van der Waals surface area contributed by atoms with E-state index in [0.717, 1.165) is 28.1 Å². The molecule has 1 spiro atoms. The molecule has 0 aliphatic carbocycles. The van der Waals surface area contributed by atoms with Crippen LogP contribution in [0.1, 0.15) is 31.9 Å². The number of thiophene rings is 1. The fourth-order valence-corrected chi connectivity index (χ4v) is 6.54. The summed E-state index contributed by atoms with van der Waals surface area (Å²) in [5.74, 6) is 0.666. The molecule has 1 atom stereocenters. The Morgan fingerprint density at radius 3 is 2.67 bits per heavy atom. The molecule has 2 aliphatic rings. The average Bonchev–Trinajstić information content (AvgIpc) is 3.45. The highest BCUT2D eigenvalue weighted by atomic mass is 32.2. The fraction of sp³-hybridized carbons (Fsp3) is 0.250. The van der Waals surface area contributed by atoms with E-state index < -0.39 is 4.87 Å². The van der Waals surface area contributed by atoms with Gasteiger partial charge in [-0.25, -0.2) is 0 Å². The number of fused-ring (bicyclic) bond motifs is 2. The van der Waals surface area contributed by atoms with Crippen LogP contribution in [0.5, 0.6) is 0 Å². The van der Waals surface area contributed by atoms with Crippen LogP contribution in [-0.2, 0) is 16.2 Å². The SMILES string of the molecule is Cc1cccc(CN2C(=O)[C@@]3(SCCN3C(=O)c3cccs3)c3cc(C)ccc32)c1. The third kappa shape index (κ3) is 2.89. The standard InChI is InChI=1S/C24H22N2O2S2/c1-16-5-3-6-18(13-16)15-25-20-9-8-17(2)14-19(20)24(23(25)28)26(10-12-30-24)22(27)21-7-4-11-29-21/h3-9,11,13-14H,10,12,15H2,1-2H3/t24-/m0/s1. The van der Waals surface area contributed by atoms with Crippen LogP contribution < -0.4 is 4.90 Å². The van der Waals surface area contributed by atoms with Crippen molar-refractivity contribution in [2.24, 2.45) is 0 Å². The number of nitrogens with zero attached hydrogens (tertiary/aromatic N) is 2. The van der Waals surface area contributed by atoms with Gasteiger partial charge in [0.1, 0.15) is 0 Å². The third-order valence-corrected chi connectivity index (χ3v) is 8.03. The van der Waals surface area contributed by atoms with Gasteiger partial charge in [0.2, 0.25) is 0 Å². The van der Waals surface area contributed by atoms with E-state index in [4.69, 9.17) is 0 Å². The lowest BCUT2D eigenvalue weighted by atomic mass is 10.0. The minimum absolute atomic E-state index is 0.0167. The lowest BCUT2D eigenvalue weighted by molar-refractivity contribution is -0.123. The maximum Gasteiger partial charge on any atom is 0.268 e. The molecule has 1 fully saturated rings. The van der Waals surface area contributed by atoms with Gasteiger partial charge >= 0.3 is 0 Å².